The maximum Gasteiger partial charge on any atom is 0.273 e. The number of piperazine rings is 1. The third-order valence-electron chi connectivity index (χ3n) is 4.36. The van der Waals surface area contributed by atoms with Crippen molar-refractivity contribution in [3.8, 4) is 16.3 Å². The number of thiazole rings is 1. The molecule has 25 heavy (non-hydrogen) atoms. The van der Waals surface area contributed by atoms with E-state index in [-0.39, 0.29) is 36.8 Å². The highest BCUT2D eigenvalue weighted by Gasteiger charge is 2.29. The predicted octanol–water partition coefficient (Wildman–Crippen LogP) is 3.48. The fourth-order valence-electron chi connectivity index (χ4n) is 2.73. The molecule has 0 aliphatic carbocycles. The van der Waals surface area contributed by atoms with Crippen LogP contribution in [0.5, 0.6) is 5.75 Å². The average molecular weight is 404 g/mol. The molecule has 8 heteroatoms. The fraction of sp³-hybridized carbons (Fsp3) is 0.412. The Balaban J connectivity index is 0.00000156. The molecule has 2 heterocycles. The van der Waals surface area contributed by atoms with Crippen LogP contribution in [0.4, 0.5) is 0 Å². The number of nitrogens with zero attached hydrogens (tertiary/aromatic N) is 2. The number of aromatic nitrogens is 1. The van der Waals surface area contributed by atoms with Crippen molar-refractivity contribution in [1.82, 2.24) is 15.2 Å². The molecule has 1 aliphatic heterocycles. The molecule has 0 spiro atoms. The molecule has 1 N–H and O–H groups in total. The Morgan fingerprint density at radius 1 is 1.28 bits per heavy atom. The van der Waals surface area contributed by atoms with Crippen molar-refractivity contribution in [2.45, 2.75) is 25.9 Å². The number of hydrogen-bond donors (Lipinski definition) is 1. The SMILES string of the molecule is COc1ccc(-c2nc(C(=O)N3CCNC(C)C3C)cs2)cc1.Cl.Cl. The van der Waals surface area contributed by atoms with Gasteiger partial charge in [0.25, 0.3) is 5.91 Å². The molecule has 1 amide bonds. The number of rotatable bonds is 3. The molecule has 1 saturated heterocycles. The summed E-state index contributed by atoms with van der Waals surface area (Å²) in [4.78, 5) is 19.2. The van der Waals surface area contributed by atoms with E-state index in [0.717, 1.165) is 29.4 Å². The van der Waals surface area contributed by atoms with E-state index in [1.54, 1.807) is 7.11 Å². The smallest absolute Gasteiger partial charge is 0.273 e. The van der Waals surface area contributed by atoms with Gasteiger partial charge in [-0.2, -0.15) is 0 Å². The largest absolute Gasteiger partial charge is 0.497 e. The molecule has 0 radical (unpaired) electrons. The molecule has 2 unspecified atom stereocenters. The lowest BCUT2D eigenvalue weighted by Crippen LogP contribution is -2.57. The molecule has 2 atom stereocenters. The summed E-state index contributed by atoms with van der Waals surface area (Å²) in [6.07, 6.45) is 0. The van der Waals surface area contributed by atoms with Gasteiger partial charge in [0.05, 0.1) is 7.11 Å². The second-order valence-electron chi connectivity index (χ2n) is 5.75. The summed E-state index contributed by atoms with van der Waals surface area (Å²) in [7, 11) is 1.64. The van der Waals surface area contributed by atoms with Gasteiger partial charge in [0.2, 0.25) is 0 Å². The first-order valence-electron chi connectivity index (χ1n) is 7.74. The Morgan fingerprint density at radius 3 is 2.60 bits per heavy atom. The van der Waals surface area contributed by atoms with Gasteiger partial charge in [-0.25, -0.2) is 4.98 Å². The molecular formula is C17H23Cl2N3O2S. The zero-order chi connectivity index (χ0) is 16.4. The van der Waals surface area contributed by atoms with Gasteiger partial charge >= 0.3 is 0 Å². The van der Waals surface area contributed by atoms with Crippen LogP contribution in [-0.2, 0) is 0 Å². The van der Waals surface area contributed by atoms with Crippen LogP contribution < -0.4 is 10.1 Å². The van der Waals surface area contributed by atoms with E-state index in [1.807, 2.05) is 34.5 Å². The van der Waals surface area contributed by atoms with Gasteiger partial charge in [0.15, 0.2) is 0 Å². The van der Waals surface area contributed by atoms with Gasteiger partial charge in [-0.05, 0) is 38.1 Å². The number of benzene rings is 1. The maximum atomic E-state index is 12.7. The second-order valence-corrected chi connectivity index (χ2v) is 6.61. The molecule has 2 aromatic rings. The molecule has 3 rings (SSSR count). The molecule has 1 aromatic carbocycles. The zero-order valence-corrected chi connectivity index (χ0v) is 16.8. The van der Waals surface area contributed by atoms with Crippen molar-refractivity contribution in [3.05, 3.63) is 35.3 Å². The highest BCUT2D eigenvalue weighted by molar-refractivity contribution is 7.13. The lowest BCUT2D eigenvalue weighted by atomic mass is 10.1. The number of hydrogen-bond acceptors (Lipinski definition) is 5. The van der Waals surface area contributed by atoms with Crippen molar-refractivity contribution in [2.24, 2.45) is 0 Å². The van der Waals surface area contributed by atoms with E-state index in [0.29, 0.717) is 11.7 Å². The van der Waals surface area contributed by atoms with E-state index in [2.05, 4.69) is 24.1 Å². The third kappa shape index (κ3) is 4.64. The number of halogens is 2. The summed E-state index contributed by atoms with van der Waals surface area (Å²) >= 11 is 1.50. The van der Waals surface area contributed by atoms with Gasteiger partial charge in [0, 0.05) is 36.1 Å². The van der Waals surface area contributed by atoms with E-state index in [9.17, 15) is 4.79 Å². The Hall–Kier alpha value is -1.34. The number of methoxy groups -OCH3 is 1. The lowest BCUT2D eigenvalue weighted by Gasteiger charge is -2.38. The monoisotopic (exact) mass is 403 g/mol. The van der Waals surface area contributed by atoms with Crippen LogP contribution in [0.2, 0.25) is 0 Å². The van der Waals surface area contributed by atoms with E-state index in [4.69, 9.17) is 4.74 Å². The Morgan fingerprint density at radius 2 is 1.96 bits per heavy atom. The van der Waals surface area contributed by atoms with E-state index >= 15 is 0 Å². The summed E-state index contributed by atoms with van der Waals surface area (Å²) in [5.74, 6) is 0.826. The second kappa shape index (κ2) is 9.38. The van der Waals surface area contributed by atoms with Crippen molar-refractivity contribution in [1.29, 1.82) is 0 Å². The number of carbonyl (C=O) groups is 1. The van der Waals surface area contributed by atoms with Crippen LogP contribution in [0.3, 0.4) is 0 Å². The van der Waals surface area contributed by atoms with E-state index < -0.39 is 0 Å². The van der Waals surface area contributed by atoms with Crippen molar-refractivity contribution in [3.63, 3.8) is 0 Å². The quantitative estimate of drug-likeness (QED) is 0.851. The molecule has 138 valence electrons. The van der Waals surface area contributed by atoms with Gasteiger partial charge in [-0.15, -0.1) is 36.2 Å². The molecule has 5 nitrogen and oxygen atoms in total. The van der Waals surface area contributed by atoms with Gasteiger partial charge in [-0.3, -0.25) is 4.79 Å². The number of amides is 1. The summed E-state index contributed by atoms with van der Waals surface area (Å²) in [5, 5.41) is 6.09. The predicted molar refractivity (Wildman–Crippen MR) is 107 cm³/mol. The highest BCUT2D eigenvalue weighted by atomic mass is 35.5. The van der Waals surface area contributed by atoms with Crippen LogP contribution in [0.25, 0.3) is 10.6 Å². The summed E-state index contributed by atoms with van der Waals surface area (Å²) in [5.41, 5.74) is 1.53. The molecule has 0 saturated carbocycles. The number of carbonyl (C=O) groups excluding carboxylic acids is 1. The average Bonchev–Trinajstić information content (AvgIpc) is 3.07. The fourth-order valence-corrected chi connectivity index (χ4v) is 3.53. The minimum Gasteiger partial charge on any atom is -0.497 e. The van der Waals surface area contributed by atoms with Gasteiger partial charge in [-0.1, -0.05) is 0 Å². The van der Waals surface area contributed by atoms with Crippen molar-refractivity contribution >= 4 is 42.1 Å². The lowest BCUT2D eigenvalue weighted by molar-refractivity contribution is 0.0598. The maximum absolute atomic E-state index is 12.7. The normalized spacial score (nSPS) is 19.6. The highest BCUT2D eigenvalue weighted by Crippen LogP contribution is 2.26. The van der Waals surface area contributed by atoms with Crippen molar-refractivity contribution in [2.75, 3.05) is 20.2 Å². The van der Waals surface area contributed by atoms with Gasteiger partial charge in [0.1, 0.15) is 16.5 Å². The summed E-state index contributed by atoms with van der Waals surface area (Å²) < 4.78 is 5.17. The van der Waals surface area contributed by atoms with Crippen molar-refractivity contribution < 1.29 is 9.53 Å². The summed E-state index contributed by atoms with van der Waals surface area (Å²) in [6, 6.07) is 8.19. The molecular weight excluding hydrogens is 381 g/mol. The number of nitrogens with one attached hydrogen (secondary N) is 1. The Kier molecular flexibility index (Phi) is 8.15. The van der Waals surface area contributed by atoms with E-state index in [1.165, 1.54) is 11.3 Å². The minimum absolute atomic E-state index is 0. The molecule has 1 aliphatic rings. The summed E-state index contributed by atoms with van der Waals surface area (Å²) in [6.45, 7) is 5.73. The standard InChI is InChI=1S/C17H21N3O2S.2ClH/c1-11-12(2)20(9-8-18-11)17(21)15-10-23-16(19-15)13-4-6-14(22-3)7-5-13;;/h4-7,10-12,18H,8-9H2,1-3H3;2*1H. The van der Waals surface area contributed by atoms with Crippen LogP contribution in [0, 0.1) is 0 Å². The molecule has 1 fully saturated rings. The Bertz CT molecular complexity index is 693. The van der Waals surface area contributed by atoms with Crippen LogP contribution in [0.15, 0.2) is 29.6 Å². The minimum atomic E-state index is 0. The first-order valence-corrected chi connectivity index (χ1v) is 8.62. The first kappa shape index (κ1) is 21.7. The third-order valence-corrected chi connectivity index (χ3v) is 5.25. The zero-order valence-electron chi connectivity index (χ0n) is 14.4. The van der Waals surface area contributed by atoms with Crippen LogP contribution in [-0.4, -0.2) is 48.1 Å². The topological polar surface area (TPSA) is 54.5 Å². The van der Waals surface area contributed by atoms with Gasteiger partial charge < -0.3 is 15.0 Å². The molecule has 0 bridgehead atoms. The van der Waals surface area contributed by atoms with Crippen LogP contribution >= 0.6 is 36.2 Å². The molecule has 1 aromatic heterocycles. The van der Waals surface area contributed by atoms with Crippen LogP contribution in [0.1, 0.15) is 24.3 Å². The number of ether oxygens (including phenoxy) is 1. The Labute approximate surface area is 164 Å². The first-order chi connectivity index (χ1) is 11.1.